The van der Waals surface area contributed by atoms with E-state index in [4.69, 9.17) is 4.74 Å². The van der Waals surface area contributed by atoms with Crippen LogP contribution in [0.15, 0.2) is 25.3 Å². The summed E-state index contributed by atoms with van der Waals surface area (Å²) in [5, 5.41) is 10.3. The molecule has 18 heavy (non-hydrogen) atoms. The van der Waals surface area contributed by atoms with Crippen molar-refractivity contribution in [1.82, 2.24) is 4.90 Å². The van der Waals surface area contributed by atoms with E-state index in [-0.39, 0.29) is 17.7 Å². The van der Waals surface area contributed by atoms with Crippen LogP contribution in [0.25, 0.3) is 0 Å². The summed E-state index contributed by atoms with van der Waals surface area (Å²) in [5.74, 6) is 0. The van der Waals surface area contributed by atoms with E-state index in [2.05, 4.69) is 18.1 Å². The van der Waals surface area contributed by atoms with Gasteiger partial charge in [-0.3, -0.25) is 4.90 Å². The highest BCUT2D eigenvalue weighted by atomic mass is 16.5. The minimum Gasteiger partial charge on any atom is -0.391 e. The summed E-state index contributed by atoms with van der Waals surface area (Å²) in [7, 11) is 0. The maximum Gasteiger partial charge on any atom is 0.0719 e. The van der Waals surface area contributed by atoms with Crippen molar-refractivity contribution in [3.8, 4) is 0 Å². The van der Waals surface area contributed by atoms with Gasteiger partial charge in [-0.15, -0.1) is 13.2 Å². The van der Waals surface area contributed by atoms with Crippen LogP contribution < -0.4 is 0 Å². The van der Waals surface area contributed by atoms with Gasteiger partial charge in [0.1, 0.15) is 0 Å². The van der Waals surface area contributed by atoms with Gasteiger partial charge in [-0.25, -0.2) is 0 Å². The largest absolute Gasteiger partial charge is 0.391 e. The highest BCUT2D eigenvalue weighted by Crippen LogP contribution is 2.35. The molecule has 1 aliphatic heterocycles. The smallest absolute Gasteiger partial charge is 0.0719 e. The molecule has 2 rings (SSSR count). The van der Waals surface area contributed by atoms with Crippen LogP contribution in [0.4, 0.5) is 0 Å². The van der Waals surface area contributed by atoms with Crippen molar-refractivity contribution in [3.05, 3.63) is 25.3 Å². The second kappa shape index (κ2) is 6.00. The molecule has 2 aliphatic rings. The van der Waals surface area contributed by atoms with Crippen LogP contribution in [-0.2, 0) is 4.74 Å². The zero-order chi connectivity index (χ0) is 13.0. The maximum absolute atomic E-state index is 10.3. The number of aliphatic hydroxyl groups is 1. The summed E-state index contributed by atoms with van der Waals surface area (Å²) >= 11 is 0. The van der Waals surface area contributed by atoms with Crippen molar-refractivity contribution in [2.75, 3.05) is 19.8 Å². The van der Waals surface area contributed by atoms with Gasteiger partial charge in [0.2, 0.25) is 0 Å². The summed E-state index contributed by atoms with van der Waals surface area (Å²) < 4.78 is 5.44. The van der Waals surface area contributed by atoms with Gasteiger partial charge in [0.15, 0.2) is 0 Å². The molecule has 0 aromatic carbocycles. The Labute approximate surface area is 110 Å². The minimum absolute atomic E-state index is 0.0406. The minimum atomic E-state index is -0.207. The fraction of sp³-hybridized carbons (Fsp3) is 0.733. The van der Waals surface area contributed by atoms with Gasteiger partial charge in [-0.2, -0.15) is 0 Å². The van der Waals surface area contributed by atoms with Crippen LogP contribution in [0, 0.1) is 0 Å². The van der Waals surface area contributed by atoms with Crippen molar-refractivity contribution in [3.63, 3.8) is 0 Å². The lowest BCUT2D eigenvalue weighted by atomic mass is 9.83. The van der Waals surface area contributed by atoms with Gasteiger partial charge in [-0.1, -0.05) is 25.0 Å². The van der Waals surface area contributed by atoms with E-state index in [1.807, 2.05) is 12.2 Å². The molecule has 0 bridgehead atoms. The fourth-order valence-corrected chi connectivity index (χ4v) is 3.28. The monoisotopic (exact) mass is 251 g/mol. The summed E-state index contributed by atoms with van der Waals surface area (Å²) in [5.41, 5.74) is 0.0406. The molecule has 1 saturated carbocycles. The molecule has 0 radical (unpaired) electrons. The van der Waals surface area contributed by atoms with Crippen LogP contribution in [0.5, 0.6) is 0 Å². The Balaban J connectivity index is 2.15. The molecule has 0 unspecified atom stereocenters. The molecule has 2 fully saturated rings. The molecule has 1 N–H and O–H groups in total. The molecule has 0 amide bonds. The highest BCUT2D eigenvalue weighted by molar-refractivity contribution is 5.05. The number of ether oxygens (including phenoxy) is 1. The van der Waals surface area contributed by atoms with Gasteiger partial charge < -0.3 is 9.84 Å². The van der Waals surface area contributed by atoms with Crippen LogP contribution >= 0.6 is 0 Å². The summed E-state index contributed by atoms with van der Waals surface area (Å²) in [6, 6.07) is 0.251. The molecule has 1 saturated heterocycles. The molecule has 3 heteroatoms. The molecule has 102 valence electrons. The van der Waals surface area contributed by atoms with Crippen LogP contribution in [-0.4, -0.2) is 47.4 Å². The Morgan fingerprint density at radius 1 is 1.22 bits per heavy atom. The second-order valence-electron chi connectivity index (χ2n) is 5.57. The molecule has 0 aromatic rings. The number of nitrogens with zero attached hydrogens (tertiary/aromatic N) is 1. The molecule has 1 heterocycles. The van der Waals surface area contributed by atoms with Gasteiger partial charge in [0.25, 0.3) is 0 Å². The first-order chi connectivity index (χ1) is 8.73. The lowest BCUT2D eigenvalue weighted by molar-refractivity contribution is -0.165. The second-order valence-corrected chi connectivity index (χ2v) is 5.57. The number of hydrogen-bond acceptors (Lipinski definition) is 3. The summed E-state index contributed by atoms with van der Waals surface area (Å²) in [6.07, 6.45) is 8.96. The first-order valence-corrected chi connectivity index (χ1v) is 6.98. The van der Waals surface area contributed by atoms with Crippen LogP contribution in [0.1, 0.15) is 32.1 Å². The topological polar surface area (TPSA) is 32.7 Å². The van der Waals surface area contributed by atoms with Crippen molar-refractivity contribution < 1.29 is 9.84 Å². The van der Waals surface area contributed by atoms with Gasteiger partial charge in [0, 0.05) is 12.6 Å². The van der Waals surface area contributed by atoms with E-state index in [0.29, 0.717) is 0 Å². The molecular weight excluding hydrogens is 226 g/mol. The fourth-order valence-electron chi connectivity index (χ4n) is 3.28. The average Bonchev–Trinajstić information content (AvgIpc) is 2.32. The van der Waals surface area contributed by atoms with E-state index in [0.717, 1.165) is 45.4 Å². The normalized spacial score (nSPS) is 30.8. The Kier molecular flexibility index (Phi) is 4.60. The van der Waals surface area contributed by atoms with Crippen molar-refractivity contribution in [2.24, 2.45) is 0 Å². The van der Waals surface area contributed by atoms with E-state index in [1.54, 1.807) is 0 Å². The average molecular weight is 251 g/mol. The molecule has 1 aliphatic carbocycles. The Bertz CT molecular complexity index is 299. The van der Waals surface area contributed by atoms with E-state index in [9.17, 15) is 5.11 Å². The SMILES string of the molecule is C=CCN([C@@H]1CCCC[C@H]1O)C1(CC=C)COC1. The van der Waals surface area contributed by atoms with Crippen LogP contribution in [0.2, 0.25) is 0 Å². The predicted molar refractivity (Wildman–Crippen MR) is 73.5 cm³/mol. The third-order valence-electron chi connectivity index (χ3n) is 4.30. The van der Waals surface area contributed by atoms with Crippen molar-refractivity contribution >= 4 is 0 Å². The van der Waals surface area contributed by atoms with E-state index < -0.39 is 0 Å². The molecule has 0 aromatic heterocycles. The standard InChI is InChI=1S/C15H25NO2/c1-3-9-15(11-18-12-15)16(10-4-2)13-7-5-6-8-14(13)17/h3-4,13-14,17H,1-2,5-12H2/t13-,14-/m1/s1. The van der Waals surface area contributed by atoms with Gasteiger partial charge in [0.05, 0.1) is 24.9 Å². The Morgan fingerprint density at radius 3 is 2.44 bits per heavy atom. The lowest BCUT2D eigenvalue weighted by Crippen LogP contribution is -2.66. The van der Waals surface area contributed by atoms with Gasteiger partial charge >= 0.3 is 0 Å². The maximum atomic E-state index is 10.3. The highest BCUT2D eigenvalue weighted by Gasteiger charge is 2.47. The number of hydrogen-bond donors (Lipinski definition) is 1. The number of rotatable bonds is 6. The zero-order valence-corrected chi connectivity index (χ0v) is 11.2. The Morgan fingerprint density at radius 2 is 1.94 bits per heavy atom. The van der Waals surface area contributed by atoms with Crippen molar-refractivity contribution in [1.29, 1.82) is 0 Å². The van der Waals surface area contributed by atoms with Crippen LogP contribution in [0.3, 0.4) is 0 Å². The summed E-state index contributed by atoms with van der Waals surface area (Å²) in [6.45, 7) is 10.0. The Hall–Kier alpha value is -0.640. The lowest BCUT2D eigenvalue weighted by Gasteiger charge is -2.54. The predicted octanol–water partition coefficient (Wildman–Crippen LogP) is 2.12. The zero-order valence-electron chi connectivity index (χ0n) is 11.2. The first kappa shape index (κ1) is 13.8. The molecule has 3 nitrogen and oxygen atoms in total. The third-order valence-corrected chi connectivity index (χ3v) is 4.30. The van der Waals surface area contributed by atoms with E-state index in [1.165, 1.54) is 6.42 Å². The molecule has 2 atom stereocenters. The quantitative estimate of drug-likeness (QED) is 0.734. The van der Waals surface area contributed by atoms with Gasteiger partial charge in [-0.05, 0) is 19.3 Å². The number of aliphatic hydroxyl groups excluding tert-OH is 1. The first-order valence-electron chi connectivity index (χ1n) is 6.98. The van der Waals surface area contributed by atoms with E-state index >= 15 is 0 Å². The summed E-state index contributed by atoms with van der Waals surface area (Å²) in [4.78, 5) is 2.41. The third kappa shape index (κ3) is 2.53. The molecular formula is C15H25NO2. The molecule has 0 spiro atoms. The van der Waals surface area contributed by atoms with Crippen molar-refractivity contribution in [2.45, 2.75) is 49.8 Å².